The Labute approximate surface area is 133 Å². The Morgan fingerprint density at radius 1 is 1.10 bits per heavy atom. The molecule has 1 unspecified atom stereocenters. The minimum Gasteiger partial charge on any atom is -0.306 e. The summed E-state index contributed by atoms with van der Waals surface area (Å²) in [6, 6.07) is 15.4. The zero-order valence-electron chi connectivity index (χ0n) is 11.4. The van der Waals surface area contributed by atoms with Crippen molar-refractivity contribution in [1.29, 1.82) is 0 Å². The Kier molecular flexibility index (Phi) is 4.15. The lowest BCUT2D eigenvalue weighted by Crippen LogP contribution is -2.29. The summed E-state index contributed by atoms with van der Waals surface area (Å²) in [6.07, 6.45) is 0.615. The van der Waals surface area contributed by atoms with Crippen LogP contribution in [0.3, 0.4) is 0 Å². The van der Waals surface area contributed by atoms with Gasteiger partial charge in [0.25, 0.3) is 0 Å². The lowest BCUT2D eigenvalue weighted by molar-refractivity contribution is 0.491. The van der Waals surface area contributed by atoms with E-state index in [2.05, 4.69) is 27.3 Å². The van der Waals surface area contributed by atoms with Crippen molar-refractivity contribution >= 4 is 25.8 Å². The van der Waals surface area contributed by atoms with Crippen LogP contribution in [0.4, 0.5) is 0 Å². The van der Waals surface area contributed by atoms with Gasteiger partial charge in [-0.3, -0.25) is 0 Å². The van der Waals surface area contributed by atoms with Gasteiger partial charge in [0, 0.05) is 17.1 Å². The molecule has 0 saturated heterocycles. The summed E-state index contributed by atoms with van der Waals surface area (Å²) in [5, 5.41) is 3.48. The Morgan fingerprint density at radius 2 is 1.81 bits per heavy atom. The van der Waals surface area contributed by atoms with Crippen molar-refractivity contribution in [3.63, 3.8) is 0 Å². The molecule has 0 saturated carbocycles. The Balaban J connectivity index is 1.83. The van der Waals surface area contributed by atoms with Gasteiger partial charge >= 0.3 is 0 Å². The summed E-state index contributed by atoms with van der Waals surface area (Å²) in [5.41, 5.74) is 2.05. The molecule has 2 aromatic rings. The van der Waals surface area contributed by atoms with Crippen LogP contribution in [0.2, 0.25) is 0 Å². The van der Waals surface area contributed by atoms with Gasteiger partial charge in [0.05, 0.1) is 10.6 Å². The maximum Gasteiger partial charge on any atom is 0.178 e. The fraction of sp³-hybridized carbons (Fsp3) is 0.250. The van der Waals surface area contributed by atoms with Crippen molar-refractivity contribution in [2.75, 3.05) is 5.75 Å². The molecular formula is C16H16BrNO2S. The van der Waals surface area contributed by atoms with Crippen LogP contribution in [-0.4, -0.2) is 14.2 Å². The number of hydrogen-bond donors (Lipinski definition) is 1. The number of halogens is 1. The fourth-order valence-electron chi connectivity index (χ4n) is 2.68. The molecule has 0 bridgehead atoms. The Morgan fingerprint density at radius 3 is 2.62 bits per heavy atom. The molecule has 110 valence electrons. The molecule has 1 aliphatic heterocycles. The fourth-order valence-corrected chi connectivity index (χ4v) is 4.72. The lowest BCUT2D eigenvalue weighted by Gasteiger charge is -2.26. The highest BCUT2D eigenvalue weighted by atomic mass is 79.9. The minimum atomic E-state index is -3.12. The van der Waals surface area contributed by atoms with Crippen LogP contribution in [0.15, 0.2) is 57.9 Å². The number of fused-ring (bicyclic) bond motifs is 1. The van der Waals surface area contributed by atoms with Crippen LogP contribution in [0.1, 0.15) is 23.6 Å². The first-order chi connectivity index (χ1) is 10.1. The molecule has 3 rings (SSSR count). The molecule has 1 N–H and O–H groups in total. The molecular weight excluding hydrogens is 350 g/mol. The van der Waals surface area contributed by atoms with Crippen molar-refractivity contribution in [1.82, 2.24) is 5.32 Å². The van der Waals surface area contributed by atoms with Gasteiger partial charge in [0.1, 0.15) is 0 Å². The third-order valence-corrected chi connectivity index (χ3v) is 6.39. The number of hydrogen-bond acceptors (Lipinski definition) is 3. The summed E-state index contributed by atoms with van der Waals surface area (Å²) in [6.45, 7) is 0.709. The van der Waals surface area contributed by atoms with Gasteiger partial charge in [-0.05, 0) is 29.7 Å². The molecule has 21 heavy (non-hydrogen) atoms. The van der Waals surface area contributed by atoms with Gasteiger partial charge < -0.3 is 5.32 Å². The van der Waals surface area contributed by atoms with Crippen LogP contribution in [0.5, 0.6) is 0 Å². The quantitative estimate of drug-likeness (QED) is 0.905. The van der Waals surface area contributed by atoms with Gasteiger partial charge in [-0.1, -0.05) is 52.3 Å². The van der Waals surface area contributed by atoms with Gasteiger partial charge in [0.15, 0.2) is 9.84 Å². The second kappa shape index (κ2) is 5.91. The summed E-state index contributed by atoms with van der Waals surface area (Å²) in [5.74, 6) is 0.206. The molecule has 0 fully saturated rings. The largest absolute Gasteiger partial charge is 0.306 e. The van der Waals surface area contributed by atoms with Crippen LogP contribution < -0.4 is 5.32 Å². The van der Waals surface area contributed by atoms with E-state index in [1.807, 2.05) is 30.3 Å². The number of sulfone groups is 1. The van der Waals surface area contributed by atoms with Crippen molar-refractivity contribution in [2.45, 2.75) is 23.9 Å². The molecule has 1 aliphatic rings. The third-order valence-electron chi connectivity index (χ3n) is 3.80. The van der Waals surface area contributed by atoms with E-state index in [0.29, 0.717) is 17.9 Å². The summed E-state index contributed by atoms with van der Waals surface area (Å²) in [4.78, 5) is 0.473. The molecule has 2 aromatic carbocycles. The van der Waals surface area contributed by atoms with Crippen molar-refractivity contribution in [3.8, 4) is 0 Å². The molecule has 0 radical (unpaired) electrons. The average molecular weight is 366 g/mol. The number of nitrogens with one attached hydrogen (secondary N) is 1. The topological polar surface area (TPSA) is 46.2 Å². The maximum atomic E-state index is 12.1. The highest BCUT2D eigenvalue weighted by molar-refractivity contribution is 9.10. The van der Waals surface area contributed by atoms with Gasteiger partial charge in [-0.15, -0.1) is 0 Å². The van der Waals surface area contributed by atoms with Crippen LogP contribution in [0, 0.1) is 0 Å². The number of benzene rings is 2. The van der Waals surface area contributed by atoms with Gasteiger partial charge in [-0.25, -0.2) is 8.42 Å². The molecule has 0 spiro atoms. The smallest absolute Gasteiger partial charge is 0.178 e. The standard InChI is InChI=1S/C16H16BrNO2S/c17-14-7-3-1-5-12(14)11-18-15-9-10-21(19,20)16-8-4-2-6-13(15)16/h1-8,15,18H,9-11H2. The molecule has 1 heterocycles. The average Bonchev–Trinajstić information content (AvgIpc) is 2.48. The predicted molar refractivity (Wildman–Crippen MR) is 86.8 cm³/mol. The lowest BCUT2D eigenvalue weighted by atomic mass is 10.0. The Hall–Kier alpha value is -1.17. The third kappa shape index (κ3) is 3.05. The molecule has 0 amide bonds. The summed E-state index contributed by atoms with van der Waals surface area (Å²) in [7, 11) is -3.12. The highest BCUT2D eigenvalue weighted by Crippen LogP contribution is 2.32. The van der Waals surface area contributed by atoms with Crippen LogP contribution in [-0.2, 0) is 16.4 Å². The van der Waals surface area contributed by atoms with E-state index in [1.54, 1.807) is 12.1 Å². The van der Waals surface area contributed by atoms with E-state index in [-0.39, 0.29) is 11.8 Å². The SMILES string of the molecule is O=S1(=O)CCC(NCc2ccccc2Br)c2ccccc21. The monoisotopic (exact) mass is 365 g/mol. The van der Waals surface area contributed by atoms with Crippen molar-refractivity contribution in [3.05, 3.63) is 64.1 Å². The van der Waals surface area contributed by atoms with Gasteiger partial charge in [-0.2, -0.15) is 0 Å². The summed E-state index contributed by atoms with van der Waals surface area (Å²) >= 11 is 3.54. The van der Waals surface area contributed by atoms with Crippen molar-refractivity contribution < 1.29 is 8.42 Å². The Bertz CT molecular complexity index is 758. The van der Waals surface area contributed by atoms with Crippen molar-refractivity contribution in [2.24, 2.45) is 0 Å². The van der Waals surface area contributed by atoms with E-state index in [4.69, 9.17) is 0 Å². The highest BCUT2D eigenvalue weighted by Gasteiger charge is 2.29. The molecule has 0 aliphatic carbocycles. The first-order valence-electron chi connectivity index (χ1n) is 6.86. The van der Waals surface area contributed by atoms with Crippen LogP contribution >= 0.6 is 15.9 Å². The van der Waals surface area contributed by atoms with E-state index in [9.17, 15) is 8.42 Å². The second-order valence-electron chi connectivity index (χ2n) is 5.17. The van der Waals surface area contributed by atoms with E-state index in [0.717, 1.165) is 10.0 Å². The molecule has 3 nitrogen and oxygen atoms in total. The molecule has 1 atom stereocenters. The first-order valence-corrected chi connectivity index (χ1v) is 9.31. The first kappa shape index (κ1) is 14.8. The maximum absolute atomic E-state index is 12.1. The zero-order valence-corrected chi connectivity index (χ0v) is 13.8. The molecule has 5 heteroatoms. The normalized spacial score (nSPS) is 20.0. The molecule has 0 aromatic heterocycles. The van der Waals surface area contributed by atoms with E-state index in [1.165, 1.54) is 5.56 Å². The van der Waals surface area contributed by atoms with Gasteiger partial charge in [0.2, 0.25) is 0 Å². The van der Waals surface area contributed by atoms with E-state index < -0.39 is 9.84 Å². The van der Waals surface area contributed by atoms with E-state index >= 15 is 0 Å². The number of rotatable bonds is 3. The predicted octanol–water partition coefficient (Wildman–Crippen LogP) is 3.46. The van der Waals surface area contributed by atoms with Crippen LogP contribution in [0.25, 0.3) is 0 Å². The zero-order chi connectivity index (χ0) is 14.9. The summed E-state index contributed by atoms with van der Waals surface area (Å²) < 4.78 is 25.3. The minimum absolute atomic E-state index is 0.0804. The second-order valence-corrected chi connectivity index (χ2v) is 8.10.